The first-order valence-corrected chi connectivity index (χ1v) is 15.2. The Balaban J connectivity index is 0.961. The number of carbonyl (C=O) groups is 1. The van der Waals surface area contributed by atoms with E-state index in [1.54, 1.807) is 18.5 Å². The number of anilines is 1. The number of hydrogen-bond acceptors (Lipinski definition) is 8. The molecule has 2 aliphatic heterocycles. The number of amides is 1. The molecule has 1 aliphatic carbocycles. The van der Waals surface area contributed by atoms with E-state index in [2.05, 4.69) is 36.9 Å². The molecule has 2 aromatic heterocycles. The van der Waals surface area contributed by atoms with Gasteiger partial charge in [0.2, 0.25) is 0 Å². The maximum absolute atomic E-state index is 12.7. The van der Waals surface area contributed by atoms with Crippen LogP contribution in [0.4, 0.5) is 5.82 Å². The van der Waals surface area contributed by atoms with Crippen LogP contribution in [0.1, 0.15) is 78.4 Å². The number of nitrogens with one attached hydrogen (secondary N) is 2. The smallest absolute Gasteiger partial charge is 0.251 e. The highest BCUT2D eigenvalue weighted by molar-refractivity contribution is 6.33. The zero-order chi connectivity index (χ0) is 28.0. The van der Waals surface area contributed by atoms with Gasteiger partial charge in [-0.2, -0.15) is 0 Å². The molecule has 0 radical (unpaired) electrons. The van der Waals surface area contributed by atoms with Crippen LogP contribution in [0, 0.1) is 0 Å². The van der Waals surface area contributed by atoms with Gasteiger partial charge in [0, 0.05) is 50.6 Å². The fourth-order valence-corrected chi connectivity index (χ4v) is 5.98. The first-order chi connectivity index (χ1) is 20.1. The Morgan fingerprint density at radius 3 is 2.93 bits per heavy atom. The zero-order valence-corrected chi connectivity index (χ0v) is 24.1. The molecular formula is C30H38ClN7O3. The highest BCUT2D eigenvalue weighted by Crippen LogP contribution is 2.35. The second-order valence-electron chi connectivity index (χ2n) is 11.1. The molecule has 3 aliphatic rings. The predicted octanol–water partition coefficient (Wildman–Crippen LogP) is 4.75. The number of aromatic nitrogens is 4. The van der Waals surface area contributed by atoms with Gasteiger partial charge in [0.05, 0.1) is 16.9 Å². The molecule has 1 atom stereocenters. The molecule has 2 N–H and O–H groups in total. The van der Waals surface area contributed by atoms with Gasteiger partial charge in [-0.1, -0.05) is 22.9 Å². The third-order valence-corrected chi connectivity index (χ3v) is 8.66. The number of carbonyl (C=O) groups excluding carboxylic acids is 1. The van der Waals surface area contributed by atoms with Crippen LogP contribution >= 0.6 is 11.6 Å². The summed E-state index contributed by atoms with van der Waals surface area (Å²) in [6, 6.07) is 8.16. The lowest BCUT2D eigenvalue weighted by molar-refractivity contribution is -0.0433. The van der Waals surface area contributed by atoms with Gasteiger partial charge in [-0.25, -0.2) is 9.67 Å². The first kappa shape index (κ1) is 27.9. The Labute approximate surface area is 245 Å². The molecule has 218 valence electrons. The van der Waals surface area contributed by atoms with Crippen LogP contribution in [0.2, 0.25) is 5.02 Å². The minimum absolute atomic E-state index is 0.0579. The van der Waals surface area contributed by atoms with Gasteiger partial charge in [-0.3, -0.25) is 9.69 Å². The number of halogens is 1. The molecule has 1 aromatic carbocycles. The molecule has 1 amide bonds. The summed E-state index contributed by atoms with van der Waals surface area (Å²) in [4.78, 5) is 19.4. The average molecular weight is 580 g/mol. The van der Waals surface area contributed by atoms with Crippen molar-refractivity contribution in [3.8, 4) is 5.75 Å². The normalized spacial score (nSPS) is 19.3. The quantitative estimate of drug-likeness (QED) is 0.314. The molecule has 0 bridgehead atoms. The van der Waals surface area contributed by atoms with Gasteiger partial charge in [0.1, 0.15) is 18.2 Å². The van der Waals surface area contributed by atoms with Crippen molar-refractivity contribution >= 4 is 23.3 Å². The van der Waals surface area contributed by atoms with Crippen LogP contribution in [0.25, 0.3) is 0 Å². The Kier molecular flexibility index (Phi) is 8.98. The number of fused-ring (bicyclic) bond motifs is 1. The number of benzene rings is 1. The van der Waals surface area contributed by atoms with E-state index in [9.17, 15) is 4.79 Å². The Morgan fingerprint density at radius 1 is 1.17 bits per heavy atom. The van der Waals surface area contributed by atoms with Crippen LogP contribution in [0.5, 0.6) is 5.75 Å². The summed E-state index contributed by atoms with van der Waals surface area (Å²) in [6.45, 7) is 4.36. The number of hydrogen-bond donors (Lipinski definition) is 2. The summed E-state index contributed by atoms with van der Waals surface area (Å²) in [5.41, 5.74) is 3.89. The minimum atomic E-state index is -0.0782. The maximum atomic E-state index is 12.7. The van der Waals surface area contributed by atoms with Crippen LogP contribution in [-0.2, 0) is 24.3 Å². The largest absolute Gasteiger partial charge is 0.486 e. The van der Waals surface area contributed by atoms with Crippen molar-refractivity contribution in [1.29, 1.82) is 0 Å². The Hall–Kier alpha value is -3.21. The third-order valence-electron chi connectivity index (χ3n) is 8.25. The molecule has 1 saturated carbocycles. The number of pyridine rings is 1. The van der Waals surface area contributed by atoms with Crippen molar-refractivity contribution < 1.29 is 14.3 Å². The van der Waals surface area contributed by atoms with Crippen LogP contribution < -0.4 is 15.4 Å². The topological polar surface area (TPSA) is 106 Å². The summed E-state index contributed by atoms with van der Waals surface area (Å²) in [5.74, 6) is 1.40. The summed E-state index contributed by atoms with van der Waals surface area (Å²) in [6.07, 6.45) is 11.8. The molecule has 1 saturated heterocycles. The molecule has 11 heteroatoms. The zero-order valence-electron chi connectivity index (χ0n) is 23.4. The molecular weight excluding hydrogens is 542 g/mol. The third kappa shape index (κ3) is 6.82. The van der Waals surface area contributed by atoms with Crippen LogP contribution in [-0.4, -0.2) is 63.1 Å². The van der Waals surface area contributed by atoms with Crippen molar-refractivity contribution in [3.05, 3.63) is 64.1 Å². The highest BCUT2D eigenvalue weighted by Gasteiger charge is 2.23. The molecule has 41 heavy (non-hydrogen) atoms. The number of rotatable bonds is 11. The number of ether oxygens (including phenoxy) is 2. The van der Waals surface area contributed by atoms with Gasteiger partial charge in [-0.05, 0) is 80.7 Å². The molecule has 10 nitrogen and oxygen atoms in total. The molecule has 2 fully saturated rings. The second-order valence-corrected chi connectivity index (χ2v) is 11.5. The minimum Gasteiger partial charge on any atom is -0.486 e. The summed E-state index contributed by atoms with van der Waals surface area (Å²) < 4.78 is 13.8. The molecule has 1 unspecified atom stereocenters. The molecule has 3 aromatic rings. The fourth-order valence-electron chi connectivity index (χ4n) is 5.65. The summed E-state index contributed by atoms with van der Waals surface area (Å²) in [5, 5.41) is 15.4. The van der Waals surface area contributed by atoms with Gasteiger partial charge in [0.15, 0.2) is 6.23 Å². The maximum Gasteiger partial charge on any atom is 0.251 e. The summed E-state index contributed by atoms with van der Waals surface area (Å²) in [7, 11) is 0. The van der Waals surface area contributed by atoms with E-state index < -0.39 is 0 Å². The Morgan fingerprint density at radius 2 is 2.10 bits per heavy atom. The standard InChI is InChI=1S/C30H38ClN7O3/c31-29-25-11-15-37(14-4-12-33-30(39)21-10-13-32-27(17-21)35-23-5-3-6-23)19-22(25)8-9-26(29)41-20-24-18-34-36-38(24)28-7-1-2-16-40-28/h8-10,13,17-18,23,28H,1-7,11-12,14-16,19-20H2,(H,32,35)(H,33,39). The monoisotopic (exact) mass is 579 g/mol. The lowest BCUT2D eigenvalue weighted by atomic mass is 9.93. The van der Waals surface area contributed by atoms with Crippen LogP contribution in [0.15, 0.2) is 36.7 Å². The van der Waals surface area contributed by atoms with Crippen molar-refractivity contribution in [2.24, 2.45) is 0 Å². The van der Waals surface area contributed by atoms with E-state index in [0.717, 1.165) is 75.4 Å². The van der Waals surface area contributed by atoms with E-state index in [0.29, 0.717) is 35.5 Å². The van der Waals surface area contributed by atoms with Gasteiger partial charge in [0.25, 0.3) is 5.91 Å². The molecule has 4 heterocycles. The summed E-state index contributed by atoms with van der Waals surface area (Å²) >= 11 is 6.81. The van der Waals surface area contributed by atoms with Gasteiger partial charge >= 0.3 is 0 Å². The number of nitrogens with zero attached hydrogens (tertiary/aromatic N) is 5. The molecule has 6 rings (SSSR count). The van der Waals surface area contributed by atoms with Gasteiger partial charge < -0.3 is 20.1 Å². The van der Waals surface area contributed by atoms with Crippen molar-refractivity contribution in [2.75, 3.05) is 31.6 Å². The highest BCUT2D eigenvalue weighted by atomic mass is 35.5. The fraction of sp³-hybridized carbons (Fsp3) is 0.533. The van der Waals surface area contributed by atoms with Crippen molar-refractivity contribution in [2.45, 2.75) is 76.8 Å². The Bertz CT molecular complexity index is 1340. The van der Waals surface area contributed by atoms with E-state index in [1.165, 1.54) is 24.8 Å². The van der Waals surface area contributed by atoms with E-state index in [1.807, 2.05) is 16.8 Å². The van der Waals surface area contributed by atoms with E-state index in [-0.39, 0.29) is 12.1 Å². The lowest BCUT2D eigenvalue weighted by Crippen LogP contribution is -2.34. The van der Waals surface area contributed by atoms with E-state index in [4.69, 9.17) is 21.1 Å². The van der Waals surface area contributed by atoms with Crippen LogP contribution in [0.3, 0.4) is 0 Å². The van der Waals surface area contributed by atoms with Gasteiger partial charge in [-0.15, -0.1) is 5.10 Å². The van der Waals surface area contributed by atoms with Crippen molar-refractivity contribution in [1.82, 2.24) is 30.2 Å². The van der Waals surface area contributed by atoms with Crippen molar-refractivity contribution in [3.63, 3.8) is 0 Å². The first-order valence-electron chi connectivity index (χ1n) is 14.8. The average Bonchev–Trinajstić information content (AvgIpc) is 3.46. The SMILES string of the molecule is O=C(NCCCN1CCc2c(ccc(OCc3cnnn3C3CCCCO3)c2Cl)C1)c1ccnc(NC2CCC2)c1. The van der Waals surface area contributed by atoms with E-state index >= 15 is 0 Å². The second kappa shape index (κ2) is 13.2. The molecule has 0 spiro atoms. The lowest BCUT2D eigenvalue weighted by Gasteiger charge is -2.30. The predicted molar refractivity (Wildman–Crippen MR) is 156 cm³/mol.